The van der Waals surface area contributed by atoms with Crippen LogP contribution >= 0.6 is 0 Å². The van der Waals surface area contributed by atoms with Gasteiger partial charge in [-0.1, -0.05) is 60.7 Å². The van der Waals surface area contributed by atoms with Crippen molar-refractivity contribution in [3.05, 3.63) is 105 Å². The summed E-state index contributed by atoms with van der Waals surface area (Å²) in [4.78, 5) is 26.1. The van der Waals surface area contributed by atoms with E-state index < -0.39 is 35.8 Å². The lowest BCUT2D eigenvalue weighted by molar-refractivity contribution is -0.0914. The first-order valence-electron chi connectivity index (χ1n) is 10.0. The van der Waals surface area contributed by atoms with E-state index in [1.165, 1.54) is 16.8 Å². The molecule has 0 radical (unpaired) electrons. The molecule has 8 heteroatoms. The summed E-state index contributed by atoms with van der Waals surface area (Å²) in [5.74, 6) is 0. The molecule has 31 heavy (non-hydrogen) atoms. The average molecular weight is 424 g/mol. The maximum atomic E-state index is 12.4. The van der Waals surface area contributed by atoms with Gasteiger partial charge < -0.3 is 19.3 Å². The third kappa shape index (κ3) is 5.00. The number of benzene rings is 2. The third-order valence-electron chi connectivity index (χ3n) is 5.16. The number of nitrogens with one attached hydrogen (secondary N) is 1. The molecule has 3 aromatic rings. The van der Waals surface area contributed by atoms with E-state index in [0.29, 0.717) is 6.61 Å². The molecule has 0 saturated carbocycles. The Labute approximate surface area is 178 Å². The average Bonchev–Trinajstić information content (AvgIpc) is 3.15. The summed E-state index contributed by atoms with van der Waals surface area (Å²) in [6.07, 6.45) is -1.53. The molecule has 4 rings (SSSR count). The van der Waals surface area contributed by atoms with Gasteiger partial charge in [-0.25, -0.2) is 4.79 Å². The molecule has 0 aliphatic carbocycles. The topological polar surface area (TPSA) is 103 Å². The fourth-order valence-corrected chi connectivity index (χ4v) is 3.62. The summed E-state index contributed by atoms with van der Waals surface area (Å²) < 4.78 is 19.5. The van der Waals surface area contributed by atoms with Crippen molar-refractivity contribution in [3.8, 4) is 0 Å². The molecule has 0 unspecified atom stereocenters. The maximum Gasteiger partial charge on any atom is 0.330 e. The molecule has 8 nitrogen and oxygen atoms in total. The first kappa shape index (κ1) is 21.2. The predicted molar refractivity (Wildman–Crippen MR) is 112 cm³/mol. The van der Waals surface area contributed by atoms with Gasteiger partial charge in [0.05, 0.1) is 19.8 Å². The van der Waals surface area contributed by atoms with E-state index in [1.807, 2.05) is 60.7 Å². The van der Waals surface area contributed by atoms with Crippen molar-refractivity contribution in [1.29, 1.82) is 0 Å². The Balaban J connectivity index is 1.61. The van der Waals surface area contributed by atoms with Crippen molar-refractivity contribution in [1.82, 2.24) is 9.55 Å². The normalized spacial score (nSPS) is 23.1. The molecular weight excluding hydrogens is 400 g/mol. The van der Waals surface area contributed by atoms with Crippen molar-refractivity contribution in [3.63, 3.8) is 0 Å². The van der Waals surface area contributed by atoms with E-state index in [1.54, 1.807) is 0 Å². The van der Waals surface area contributed by atoms with Crippen molar-refractivity contribution in [2.75, 3.05) is 6.61 Å². The monoisotopic (exact) mass is 424 g/mol. The van der Waals surface area contributed by atoms with Crippen molar-refractivity contribution < 1.29 is 19.3 Å². The molecule has 1 aliphatic rings. The lowest BCUT2D eigenvalue weighted by Gasteiger charge is -2.25. The maximum absolute atomic E-state index is 12.4. The number of aliphatic hydroxyl groups excluding tert-OH is 1. The number of ether oxygens (including phenoxy) is 3. The summed E-state index contributed by atoms with van der Waals surface area (Å²) in [5.41, 5.74) is 0.790. The van der Waals surface area contributed by atoms with Crippen molar-refractivity contribution in [2.45, 2.75) is 37.8 Å². The van der Waals surface area contributed by atoms with Gasteiger partial charge in [-0.3, -0.25) is 14.3 Å². The van der Waals surface area contributed by atoms with Crippen molar-refractivity contribution >= 4 is 0 Å². The molecule has 0 spiro atoms. The molecule has 0 bridgehead atoms. The summed E-state index contributed by atoms with van der Waals surface area (Å²) in [5, 5.41) is 9.91. The van der Waals surface area contributed by atoms with Crippen LogP contribution in [0, 0.1) is 0 Å². The first-order valence-corrected chi connectivity index (χ1v) is 10.0. The van der Waals surface area contributed by atoms with Gasteiger partial charge in [-0.05, 0) is 11.1 Å². The van der Waals surface area contributed by atoms with Crippen LogP contribution in [-0.4, -0.2) is 39.6 Å². The van der Waals surface area contributed by atoms with Gasteiger partial charge in [0.2, 0.25) is 0 Å². The highest BCUT2D eigenvalue weighted by atomic mass is 16.6. The Bertz CT molecular complexity index is 1080. The molecule has 2 aromatic carbocycles. The highest BCUT2D eigenvalue weighted by Gasteiger charge is 2.47. The summed E-state index contributed by atoms with van der Waals surface area (Å²) in [7, 11) is 0. The van der Waals surface area contributed by atoms with Crippen LogP contribution in [0.4, 0.5) is 0 Å². The molecule has 1 aliphatic heterocycles. The molecule has 2 heterocycles. The summed E-state index contributed by atoms with van der Waals surface area (Å²) in [6.45, 7) is 0.260. The molecular formula is C23H24N2O6. The standard InChI is InChI=1S/C23H24N2O6/c26-13-18-20(29-14-16-7-3-1-4-8-16)21(30-15-17-9-5-2-6-10-17)22(31-18)25-12-11-19(27)24-23(25)28/h1-12,18,20-22,26H,13-15H2,(H,24,27,28)/t18-,20-,21-,22-/m1/s1. The second-order valence-electron chi connectivity index (χ2n) is 7.29. The van der Waals surface area contributed by atoms with E-state index in [2.05, 4.69) is 4.98 Å². The minimum Gasteiger partial charge on any atom is -0.394 e. The SMILES string of the molecule is O=c1ccn([C@@H]2O[C@H](CO)[C@@H](OCc3ccccc3)[C@H]2OCc2ccccc2)c(=O)[nH]1. The van der Waals surface area contributed by atoms with Gasteiger partial charge >= 0.3 is 5.69 Å². The fraction of sp³-hybridized carbons (Fsp3) is 0.304. The van der Waals surface area contributed by atoms with Crippen LogP contribution in [-0.2, 0) is 27.4 Å². The number of aromatic nitrogens is 2. The molecule has 1 saturated heterocycles. The van der Waals surface area contributed by atoms with E-state index in [4.69, 9.17) is 14.2 Å². The number of aromatic amines is 1. The molecule has 1 aromatic heterocycles. The number of hydrogen-bond acceptors (Lipinski definition) is 6. The number of aliphatic hydroxyl groups is 1. The van der Waals surface area contributed by atoms with Crippen LogP contribution in [0.1, 0.15) is 17.4 Å². The van der Waals surface area contributed by atoms with Crippen LogP contribution in [0.5, 0.6) is 0 Å². The second kappa shape index (κ2) is 9.84. The first-order chi connectivity index (χ1) is 15.2. The quantitative estimate of drug-likeness (QED) is 0.569. The van der Waals surface area contributed by atoms with Gasteiger partial charge in [0.1, 0.15) is 18.3 Å². The van der Waals surface area contributed by atoms with E-state index in [9.17, 15) is 14.7 Å². The third-order valence-corrected chi connectivity index (χ3v) is 5.16. The lowest BCUT2D eigenvalue weighted by atomic mass is 10.1. The molecule has 2 N–H and O–H groups in total. The largest absolute Gasteiger partial charge is 0.394 e. The number of rotatable bonds is 8. The molecule has 4 atom stereocenters. The van der Waals surface area contributed by atoms with Gasteiger partial charge in [0.25, 0.3) is 5.56 Å². The number of hydrogen-bond donors (Lipinski definition) is 2. The van der Waals surface area contributed by atoms with E-state index >= 15 is 0 Å². The van der Waals surface area contributed by atoms with Crippen LogP contribution < -0.4 is 11.2 Å². The van der Waals surface area contributed by atoms with Crippen molar-refractivity contribution in [2.24, 2.45) is 0 Å². The predicted octanol–water partition coefficient (Wildman–Crippen LogP) is 1.60. The highest BCUT2D eigenvalue weighted by molar-refractivity contribution is 5.14. The molecule has 0 amide bonds. The Morgan fingerprint density at radius 2 is 1.45 bits per heavy atom. The molecule has 162 valence electrons. The van der Waals surface area contributed by atoms with E-state index in [0.717, 1.165) is 11.1 Å². The molecule has 1 fully saturated rings. The summed E-state index contributed by atoms with van der Waals surface area (Å²) in [6, 6.07) is 20.5. The Kier molecular flexibility index (Phi) is 6.73. The lowest BCUT2D eigenvalue weighted by Crippen LogP contribution is -2.40. The van der Waals surface area contributed by atoms with Gasteiger partial charge in [0, 0.05) is 12.3 Å². The Hall–Kier alpha value is -3.04. The number of nitrogens with zero attached hydrogens (tertiary/aromatic N) is 1. The number of H-pyrrole nitrogens is 1. The Morgan fingerprint density at radius 3 is 2.00 bits per heavy atom. The minimum atomic E-state index is -0.869. The van der Waals surface area contributed by atoms with Gasteiger partial charge in [-0.15, -0.1) is 0 Å². The zero-order valence-electron chi connectivity index (χ0n) is 16.8. The second-order valence-corrected chi connectivity index (χ2v) is 7.29. The van der Waals surface area contributed by atoms with Crippen LogP contribution in [0.25, 0.3) is 0 Å². The van der Waals surface area contributed by atoms with Gasteiger partial charge in [0.15, 0.2) is 6.23 Å². The Morgan fingerprint density at radius 1 is 0.871 bits per heavy atom. The summed E-state index contributed by atoms with van der Waals surface area (Å²) >= 11 is 0. The highest BCUT2D eigenvalue weighted by Crippen LogP contribution is 2.34. The van der Waals surface area contributed by atoms with Crippen LogP contribution in [0.15, 0.2) is 82.5 Å². The smallest absolute Gasteiger partial charge is 0.330 e. The zero-order valence-corrected chi connectivity index (χ0v) is 16.8. The van der Waals surface area contributed by atoms with Crippen LogP contribution in [0.2, 0.25) is 0 Å². The van der Waals surface area contributed by atoms with Crippen LogP contribution in [0.3, 0.4) is 0 Å². The zero-order chi connectivity index (χ0) is 21.6. The minimum absolute atomic E-state index is 0.271. The fourth-order valence-electron chi connectivity index (χ4n) is 3.62. The van der Waals surface area contributed by atoms with Gasteiger partial charge in [-0.2, -0.15) is 0 Å². The van der Waals surface area contributed by atoms with E-state index in [-0.39, 0.29) is 13.2 Å².